The number of likely N-dealkylation sites (tertiary alicyclic amines) is 1. The average Bonchev–Trinajstić information content (AvgIpc) is 3.24. The summed E-state index contributed by atoms with van der Waals surface area (Å²) in [6.45, 7) is 5.26. The van der Waals surface area contributed by atoms with Gasteiger partial charge in [-0.3, -0.25) is 4.79 Å². The van der Waals surface area contributed by atoms with Crippen LogP contribution in [0.15, 0.2) is 17.6 Å². The average molecular weight is 342 g/mol. The fourth-order valence-electron chi connectivity index (χ4n) is 3.20. The van der Waals surface area contributed by atoms with Crippen LogP contribution in [0.5, 0.6) is 0 Å². The van der Waals surface area contributed by atoms with Gasteiger partial charge in [-0.05, 0) is 32.8 Å². The molecule has 1 aliphatic heterocycles. The zero-order valence-electron chi connectivity index (χ0n) is 13.6. The van der Waals surface area contributed by atoms with Crippen LogP contribution in [-0.4, -0.2) is 48.5 Å². The van der Waals surface area contributed by atoms with Gasteiger partial charge in [0.2, 0.25) is 5.82 Å². The van der Waals surface area contributed by atoms with E-state index in [0.717, 1.165) is 35.8 Å². The number of hydrogen-bond acceptors (Lipinski definition) is 6. The smallest absolute Gasteiger partial charge is 0.293 e. The molecule has 0 saturated carbocycles. The molecule has 1 amide bonds. The molecule has 7 nitrogen and oxygen atoms in total. The molecule has 0 spiro atoms. The van der Waals surface area contributed by atoms with E-state index in [1.165, 1.54) is 0 Å². The second-order valence-electron chi connectivity index (χ2n) is 6.15. The maximum atomic E-state index is 12.8. The van der Waals surface area contributed by atoms with Gasteiger partial charge in [-0.25, -0.2) is 14.5 Å². The number of carbonyl (C=O) groups excluding carboxylic acids is 1. The number of hydrogen-bond donors (Lipinski definition) is 0. The number of rotatable bonds is 2. The third kappa shape index (κ3) is 2.66. The Labute approximate surface area is 143 Å². The van der Waals surface area contributed by atoms with E-state index in [9.17, 15) is 4.79 Å². The number of carbonyl (C=O) groups is 1. The highest BCUT2D eigenvalue weighted by Gasteiger charge is 2.29. The van der Waals surface area contributed by atoms with Crippen LogP contribution in [0.3, 0.4) is 0 Å². The fourth-order valence-corrected chi connectivity index (χ4v) is 3.97. The number of piperidine rings is 1. The predicted octanol–water partition coefficient (Wildman–Crippen LogP) is 2.22. The van der Waals surface area contributed by atoms with Crippen LogP contribution in [0.1, 0.15) is 45.8 Å². The number of thiazole rings is 1. The zero-order chi connectivity index (χ0) is 16.7. The lowest BCUT2D eigenvalue weighted by atomic mass is 9.98. The van der Waals surface area contributed by atoms with Crippen molar-refractivity contribution in [1.82, 2.24) is 29.5 Å². The number of nitrogens with zero attached hydrogens (tertiary/aromatic N) is 6. The molecule has 0 N–H and O–H groups in total. The molecule has 0 aromatic carbocycles. The standard InChI is InChI=1S/C16H18N6OS/c1-10-8-11(2)22-16(18-10)19-13(20-22)15(23)21-6-3-4-12(9-21)14-17-5-7-24-14/h5,7-8,12H,3-4,6,9H2,1-2H3/t12-/m1/s1. The molecule has 24 heavy (non-hydrogen) atoms. The molecule has 4 rings (SSSR count). The largest absolute Gasteiger partial charge is 0.335 e. The minimum absolute atomic E-state index is 0.126. The molecule has 3 aromatic rings. The molecule has 0 unspecified atom stereocenters. The minimum atomic E-state index is -0.126. The topological polar surface area (TPSA) is 76.3 Å². The van der Waals surface area contributed by atoms with Gasteiger partial charge in [0.05, 0.1) is 5.01 Å². The second kappa shape index (κ2) is 5.94. The number of fused-ring (bicyclic) bond motifs is 1. The molecule has 0 aliphatic carbocycles. The second-order valence-corrected chi connectivity index (χ2v) is 7.07. The monoisotopic (exact) mass is 342 g/mol. The molecule has 4 heterocycles. The van der Waals surface area contributed by atoms with Gasteiger partial charge in [0.15, 0.2) is 0 Å². The van der Waals surface area contributed by atoms with Crippen molar-refractivity contribution < 1.29 is 4.79 Å². The van der Waals surface area contributed by atoms with Gasteiger partial charge in [-0.1, -0.05) is 0 Å². The van der Waals surface area contributed by atoms with E-state index in [1.54, 1.807) is 15.9 Å². The summed E-state index contributed by atoms with van der Waals surface area (Å²) in [6.07, 6.45) is 3.86. The highest BCUT2D eigenvalue weighted by molar-refractivity contribution is 7.09. The van der Waals surface area contributed by atoms with Crippen molar-refractivity contribution in [3.8, 4) is 0 Å². The van der Waals surface area contributed by atoms with Crippen LogP contribution in [0, 0.1) is 13.8 Å². The van der Waals surface area contributed by atoms with Gasteiger partial charge in [0.25, 0.3) is 11.7 Å². The van der Waals surface area contributed by atoms with Crippen molar-refractivity contribution in [2.24, 2.45) is 0 Å². The van der Waals surface area contributed by atoms with E-state index in [0.29, 0.717) is 18.2 Å². The Hall–Kier alpha value is -2.35. The van der Waals surface area contributed by atoms with Crippen molar-refractivity contribution in [3.63, 3.8) is 0 Å². The molecule has 1 fully saturated rings. The highest BCUT2D eigenvalue weighted by atomic mass is 32.1. The van der Waals surface area contributed by atoms with Gasteiger partial charge in [0.1, 0.15) is 0 Å². The Kier molecular flexibility index (Phi) is 3.76. The van der Waals surface area contributed by atoms with E-state index in [1.807, 2.05) is 36.4 Å². The minimum Gasteiger partial charge on any atom is -0.335 e. The maximum absolute atomic E-state index is 12.8. The molecule has 1 saturated heterocycles. The van der Waals surface area contributed by atoms with Crippen molar-refractivity contribution in [2.75, 3.05) is 13.1 Å². The number of amides is 1. The Bertz CT molecular complexity index is 887. The lowest BCUT2D eigenvalue weighted by molar-refractivity contribution is 0.0695. The van der Waals surface area contributed by atoms with Crippen LogP contribution in [0.25, 0.3) is 5.78 Å². The zero-order valence-corrected chi connectivity index (χ0v) is 14.5. The van der Waals surface area contributed by atoms with E-state index >= 15 is 0 Å². The van der Waals surface area contributed by atoms with Crippen LogP contribution < -0.4 is 0 Å². The summed E-state index contributed by atoms with van der Waals surface area (Å²) >= 11 is 1.65. The summed E-state index contributed by atoms with van der Waals surface area (Å²) < 4.78 is 1.63. The van der Waals surface area contributed by atoms with Gasteiger partial charge in [-0.2, -0.15) is 4.98 Å². The van der Waals surface area contributed by atoms with Crippen molar-refractivity contribution in [2.45, 2.75) is 32.6 Å². The molecule has 1 aliphatic rings. The SMILES string of the molecule is Cc1cc(C)n2nc(C(=O)N3CCC[C@@H](c4nccs4)C3)nc2n1. The van der Waals surface area contributed by atoms with Crippen LogP contribution in [0.4, 0.5) is 0 Å². The normalized spacial score (nSPS) is 18.2. The molecular formula is C16H18N6OS. The van der Waals surface area contributed by atoms with E-state index in [2.05, 4.69) is 20.1 Å². The first-order valence-corrected chi connectivity index (χ1v) is 8.89. The summed E-state index contributed by atoms with van der Waals surface area (Å²) in [4.78, 5) is 27.7. The first-order valence-electron chi connectivity index (χ1n) is 8.01. The Balaban J connectivity index is 1.60. The van der Waals surface area contributed by atoms with Gasteiger partial charge < -0.3 is 4.90 Å². The Morgan fingerprint density at radius 2 is 2.21 bits per heavy atom. The molecule has 0 radical (unpaired) electrons. The van der Waals surface area contributed by atoms with E-state index in [-0.39, 0.29) is 11.7 Å². The molecule has 124 valence electrons. The molecular weight excluding hydrogens is 324 g/mol. The first kappa shape index (κ1) is 15.2. The first-order chi connectivity index (χ1) is 11.6. The fraction of sp³-hybridized carbons (Fsp3) is 0.438. The highest BCUT2D eigenvalue weighted by Crippen LogP contribution is 2.28. The number of aromatic nitrogens is 5. The van der Waals surface area contributed by atoms with Crippen molar-refractivity contribution in [1.29, 1.82) is 0 Å². The summed E-state index contributed by atoms with van der Waals surface area (Å²) in [7, 11) is 0. The Morgan fingerprint density at radius 3 is 3.00 bits per heavy atom. The van der Waals surface area contributed by atoms with Gasteiger partial charge in [-0.15, -0.1) is 16.4 Å². The molecule has 3 aromatic heterocycles. The van der Waals surface area contributed by atoms with E-state index in [4.69, 9.17) is 0 Å². The van der Waals surface area contributed by atoms with Gasteiger partial charge >= 0.3 is 0 Å². The Morgan fingerprint density at radius 1 is 1.33 bits per heavy atom. The third-order valence-corrected chi connectivity index (χ3v) is 5.26. The van der Waals surface area contributed by atoms with E-state index < -0.39 is 0 Å². The summed E-state index contributed by atoms with van der Waals surface area (Å²) in [5.74, 6) is 0.876. The van der Waals surface area contributed by atoms with Crippen LogP contribution in [-0.2, 0) is 0 Å². The van der Waals surface area contributed by atoms with Crippen LogP contribution >= 0.6 is 11.3 Å². The van der Waals surface area contributed by atoms with Crippen molar-refractivity contribution in [3.05, 3.63) is 39.9 Å². The summed E-state index contributed by atoms with van der Waals surface area (Å²) in [6, 6.07) is 1.93. The van der Waals surface area contributed by atoms with Gasteiger partial charge in [0, 0.05) is 42.0 Å². The van der Waals surface area contributed by atoms with Crippen molar-refractivity contribution >= 4 is 23.0 Å². The third-order valence-electron chi connectivity index (χ3n) is 4.32. The number of aryl methyl sites for hydroxylation is 2. The lowest BCUT2D eigenvalue weighted by Gasteiger charge is -2.30. The molecule has 8 heteroatoms. The summed E-state index contributed by atoms with van der Waals surface area (Å²) in [5.41, 5.74) is 1.79. The quantitative estimate of drug-likeness (QED) is 0.714. The van der Waals surface area contributed by atoms with Crippen LogP contribution in [0.2, 0.25) is 0 Å². The lowest BCUT2D eigenvalue weighted by Crippen LogP contribution is -2.39. The maximum Gasteiger partial charge on any atom is 0.293 e. The molecule has 1 atom stereocenters. The summed E-state index contributed by atoms with van der Waals surface area (Å²) in [5, 5.41) is 7.44. The predicted molar refractivity (Wildman–Crippen MR) is 90.2 cm³/mol. The molecule has 0 bridgehead atoms.